The molecule has 1 aromatic heterocycles. The van der Waals surface area contributed by atoms with Crippen LogP contribution in [-0.4, -0.2) is 46.0 Å². The SMILES string of the molecule is CSC(=N)C1(c2cncc(Cl)c2)CC2CC[C@@H](C1)N2CC(F)(F)F. The third-order valence-corrected chi connectivity index (χ3v) is 6.20. The Hall–Kier alpha value is -0.790. The highest BCUT2D eigenvalue weighted by Crippen LogP contribution is 2.50. The van der Waals surface area contributed by atoms with Crippen molar-refractivity contribution in [2.24, 2.45) is 0 Å². The Balaban J connectivity index is 1.95. The molecule has 2 fully saturated rings. The summed E-state index contributed by atoms with van der Waals surface area (Å²) in [5, 5.41) is 9.47. The molecule has 0 radical (unpaired) electrons. The zero-order valence-corrected chi connectivity index (χ0v) is 14.8. The van der Waals surface area contributed by atoms with Gasteiger partial charge >= 0.3 is 6.18 Å². The number of alkyl halides is 3. The van der Waals surface area contributed by atoms with Gasteiger partial charge in [-0.15, -0.1) is 11.8 Å². The van der Waals surface area contributed by atoms with E-state index < -0.39 is 18.1 Å². The van der Waals surface area contributed by atoms with E-state index in [0.717, 1.165) is 18.4 Å². The summed E-state index contributed by atoms with van der Waals surface area (Å²) in [4.78, 5) is 5.73. The van der Waals surface area contributed by atoms with Crippen LogP contribution in [0.4, 0.5) is 13.2 Å². The summed E-state index contributed by atoms with van der Waals surface area (Å²) in [6.45, 7) is -0.862. The summed E-state index contributed by atoms with van der Waals surface area (Å²) in [5.41, 5.74) is 0.267. The standard InChI is InChI=1S/C16H19ClF3N3S/c1-24-14(21)15(10-4-11(17)8-22-7-10)5-12-2-3-13(6-15)23(12)9-16(18,19)20/h4,7-8,12-13,21H,2-3,5-6,9H2,1H3/t12-,13?,15?/m0/s1. The van der Waals surface area contributed by atoms with Gasteiger partial charge in [0.1, 0.15) is 0 Å². The van der Waals surface area contributed by atoms with Gasteiger partial charge in [0.25, 0.3) is 0 Å². The zero-order chi connectivity index (χ0) is 17.5. The maximum Gasteiger partial charge on any atom is 0.401 e. The van der Waals surface area contributed by atoms with Crippen LogP contribution >= 0.6 is 23.4 Å². The highest BCUT2D eigenvalue weighted by atomic mass is 35.5. The molecule has 132 valence electrons. The van der Waals surface area contributed by atoms with Gasteiger partial charge < -0.3 is 0 Å². The number of hydrogen-bond donors (Lipinski definition) is 1. The van der Waals surface area contributed by atoms with Crippen LogP contribution in [0, 0.1) is 5.41 Å². The lowest BCUT2D eigenvalue weighted by molar-refractivity contribution is -0.156. The van der Waals surface area contributed by atoms with Crippen molar-refractivity contribution in [1.29, 1.82) is 5.41 Å². The van der Waals surface area contributed by atoms with Crippen molar-refractivity contribution < 1.29 is 13.2 Å². The van der Waals surface area contributed by atoms with E-state index in [1.165, 1.54) is 18.0 Å². The Kier molecular flexibility index (Phi) is 4.88. The van der Waals surface area contributed by atoms with Crippen LogP contribution in [0.2, 0.25) is 5.02 Å². The fourth-order valence-electron chi connectivity index (χ4n) is 4.23. The van der Waals surface area contributed by atoms with Crippen LogP contribution < -0.4 is 0 Å². The second-order valence-electron chi connectivity index (χ2n) is 6.59. The van der Waals surface area contributed by atoms with Crippen molar-refractivity contribution in [3.63, 3.8) is 0 Å². The molecule has 0 spiro atoms. The van der Waals surface area contributed by atoms with E-state index >= 15 is 0 Å². The fourth-order valence-corrected chi connectivity index (χ4v) is 5.08. The average molecular weight is 378 g/mol. The maximum absolute atomic E-state index is 12.9. The summed E-state index contributed by atoms with van der Waals surface area (Å²) in [6.07, 6.45) is 3.42. The van der Waals surface area contributed by atoms with Gasteiger partial charge in [0.2, 0.25) is 0 Å². The smallest absolute Gasteiger partial charge is 0.297 e. The normalized spacial score (nSPS) is 30.5. The van der Waals surface area contributed by atoms with Crippen molar-refractivity contribution in [3.05, 3.63) is 29.0 Å². The fraction of sp³-hybridized carbons (Fsp3) is 0.625. The highest BCUT2D eigenvalue weighted by molar-refractivity contribution is 8.13. The number of rotatable bonds is 3. The summed E-state index contributed by atoms with van der Waals surface area (Å²) in [5.74, 6) is 0. The number of aromatic nitrogens is 1. The highest BCUT2D eigenvalue weighted by Gasteiger charge is 2.53. The van der Waals surface area contributed by atoms with Gasteiger partial charge in [-0.25, -0.2) is 0 Å². The van der Waals surface area contributed by atoms with Crippen LogP contribution in [-0.2, 0) is 5.41 Å². The molecule has 1 aromatic rings. The second kappa shape index (κ2) is 6.50. The van der Waals surface area contributed by atoms with Gasteiger partial charge in [-0.3, -0.25) is 15.3 Å². The number of hydrogen-bond acceptors (Lipinski definition) is 4. The second-order valence-corrected chi connectivity index (χ2v) is 7.84. The summed E-state index contributed by atoms with van der Waals surface area (Å²) in [7, 11) is 0. The first-order chi connectivity index (χ1) is 11.2. The Morgan fingerprint density at radius 2 is 2.00 bits per heavy atom. The van der Waals surface area contributed by atoms with E-state index in [-0.39, 0.29) is 12.1 Å². The molecule has 0 amide bonds. The van der Waals surface area contributed by atoms with Crippen LogP contribution in [0.3, 0.4) is 0 Å². The number of nitrogens with zero attached hydrogens (tertiary/aromatic N) is 2. The lowest BCUT2D eigenvalue weighted by atomic mass is 9.71. The monoisotopic (exact) mass is 377 g/mol. The van der Waals surface area contributed by atoms with Gasteiger partial charge in [-0.2, -0.15) is 13.2 Å². The average Bonchev–Trinajstić information content (AvgIpc) is 2.75. The largest absolute Gasteiger partial charge is 0.401 e. The van der Waals surface area contributed by atoms with Crippen LogP contribution in [0.5, 0.6) is 0 Å². The minimum Gasteiger partial charge on any atom is -0.297 e. The summed E-state index contributed by atoms with van der Waals surface area (Å²) < 4.78 is 38.7. The van der Waals surface area contributed by atoms with Crippen molar-refractivity contribution in [1.82, 2.24) is 9.88 Å². The van der Waals surface area contributed by atoms with E-state index in [9.17, 15) is 13.2 Å². The molecule has 1 N–H and O–H groups in total. The number of halogens is 4. The molecule has 3 heterocycles. The maximum atomic E-state index is 12.9. The predicted octanol–water partition coefficient (Wildman–Crippen LogP) is 4.50. The zero-order valence-electron chi connectivity index (χ0n) is 13.2. The molecule has 3 nitrogen and oxygen atoms in total. The van der Waals surface area contributed by atoms with Gasteiger partial charge in [-0.05, 0) is 43.6 Å². The molecule has 2 unspecified atom stereocenters. The number of pyridine rings is 1. The van der Waals surface area contributed by atoms with E-state index in [1.807, 2.05) is 6.26 Å². The molecule has 0 aromatic carbocycles. The molecule has 2 aliphatic rings. The molecule has 0 aliphatic carbocycles. The number of piperidine rings is 1. The summed E-state index contributed by atoms with van der Waals surface area (Å²) >= 11 is 7.43. The van der Waals surface area contributed by atoms with Gasteiger partial charge in [0.05, 0.1) is 16.6 Å². The van der Waals surface area contributed by atoms with Crippen molar-refractivity contribution in [2.45, 2.75) is 49.4 Å². The predicted molar refractivity (Wildman–Crippen MR) is 91.0 cm³/mol. The van der Waals surface area contributed by atoms with Gasteiger partial charge in [-0.1, -0.05) is 11.6 Å². The molecule has 24 heavy (non-hydrogen) atoms. The van der Waals surface area contributed by atoms with Crippen molar-refractivity contribution in [2.75, 3.05) is 12.8 Å². The molecule has 2 aliphatic heterocycles. The molecule has 8 heteroatoms. The minimum atomic E-state index is -4.19. The number of fused-ring (bicyclic) bond motifs is 2. The van der Waals surface area contributed by atoms with Gasteiger partial charge in [0.15, 0.2) is 0 Å². The van der Waals surface area contributed by atoms with E-state index in [4.69, 9.17) is 17.0 Å². The first-order valence-electron chi connectivity index (χ1n) is 7.82. The number of thioether (sulfide) groups is 1. The lowest BCUT2D eigenvalue weighted by Gasteiger charge is -2.47. The van der Waals surface area contributed by atoms with Crippen LogP contribution in [0.1, 0.15) is 31.2 Å². The molecule has 3 rings (SSSR count). The topological polar surface area (TPSA) is 40.0 Å². The summed E-state index contributed by atoms with van der Waals surface area (Å²) in [6, 6.07) is 1.49. The molecule has 2 bridgehead atoms. The van der Waals surface area contributed by atoms with Crippen LogP contribution in [0.15, 0.2) is 18.5 Å². The Labute approximate surface area is 148 Å². The first-order valence-corrected chi connectivity index (χ1v) is 9.42. The van der Waals surface area contributed by atoms with E-state index in [2.05, 4.69) is 4.98 Å². The molecule has 2 saturated heterocycles. The van der Waals surface area contributed by atoms with Crippen molar-refractivity contribution >= 4 is 28.4 Å². The van der Waals surface area contributed by atoms with Crippen molar-refractivity contribution in [3.8, 4) is 0 Å². The van der Waals surface area contributed by atoms with E-state index in [0.29, 0.717) is 22.9 Å². The Morgan fingerprint density at radius 3 is 2.50 bits per heavy atom. The number of nitrogens with one attached hydrogen (secondary N) is 1. The Bertz CT molecular complexity index is 623. The molecular weight excluding hydrogens is 359 g/mol. The van der Waals surface area contributed by atoms with E-state index in [1.54, 1.807) is 17.2 Å². The third-order valence-electron chi connectivity index (χ3n) is 5.20. The lowest BCUT2D eigenvalue weighted by Crippen LogP contribution is -2.54. The molecule has 3 atom stereocenters. The van der Waals surface area contributed by atoms with Crippen LogP contribution in [0.25, 0.3) is 0 Å². The molecule has 0 saturated carbocycles. The third kappa shape index (κ3) is 3.30. The Morgan fingerprint density at radius 1 is 1.38 bits per heavy atom. The minimum absolute atomic E-state index is 0.156. The van der Waals surface area contributed by atoms with Gasteiger partial charge in [0, 0.05) is 29.9 Å². The quantitative estimate of drug-likeness (QED) is 0.622. The molecular formula is C16H19ClF3N3S. The first kappa shape index (κ1) is 18.0.